The monoisotopic (exact) mass is 305 g/mol. The van der Waals surface area contributed by atoms with E-state index in [1.165, 1.54) is 19.3 Å². The normalized spacial score (nSPS) is 19.2. The molecule has 1 saturated heterocycles. The molecule has 1 aliphatic heterocycles. The Bertz CT molecular complexity index is 518. The maximum absolute atomic E-state index is 12.0. The fourth-order valence-corrected chi connectivity index (χ4v) is 2.84. The third-order valence-corrected chi connectivity index (χ3v) is 4.23. The van der Waals surface area contributed by atoms with E-state index in [0.717, 1.165) is 24.3 Å². The summed E-state index contributed by atoms with van der Waals surface area (Å²) in [7, 11) is 0. The SMILES string of the molecule is CC1CCCCN1CCC(=O)Nc1cccc(C(N)=S)c1. The largest absolute Gasteiger partial charge is 0.389 e. The van der Waals surface area contributed by atoms with Crippen LogP contribution in [0.15, 0.2) is 24.3 Å². The van der Waals surface area contributed by atoms with Gasteiger partial charge in [0.25, 0.3) is 0 Å². The molecule has 1 fully saturated rings. The number of rotatable bonds is 5. The molecule has 1 amide bonds. The van der Waals surface area contributed by atoms with Crippen molar-refractivity contribution in [1.82, 2.24) is 4.90 Å². The average molecular weight is 305 g/mol. The van der Waals surface area contributed by atoms with Gasteiger partial charge < -0.3 is 16.0 Å². The van der Waals surface area contributed by atoms with Gasteiger partial charge in [0.2, 0.25) is 5.91 Å². The molecular formula is C16H23N3OS. The van der Waals surface area contributed by atoms with E-state index in [4.69, 9.17) is 18.0 Å². The number of amides is 1. The highest BCUT2D eigenvalue weighted by Gasteiger charge is 2.18. The summed E-state index contributed by atoms with van der Waals surface area (Å²) in [5.41, 5.74) is 7.11. The number of anilines is 1. The number of carbonyl (C=O) groups is 1. The van der Waals surface area contributed by atoms with Gasteiger partial charge in [-0.15, -0.1) is 0 Å². The van der Waals surface area contributed by atoms with E-state index >= 15 is 0 Å². The van der Waals surface area contributed by atoms with Crippen molar-refractivity contribution >= 4 is 28.8 Å². The Morgan fingerprint density at radius 1 is 1.48 bits per heavy atom. The zero-order chi connectivity index (χ0) is 15.2. The maximum atomic E-state index is 12.0. The number of piperidine rings is 1. The van der Waals surface area contributed by atoms with Crippen LogP contribution >= 0.6 is 12.2 Å². The van der Waals surface area contributed by atoms with Gasteiger partial charge in [0.15, 0.2) is 0 Å². The molecule has 1 unspecified atom stereocenters. The van der Waals surface area contributed by atoms with Gasteiger partial charge in [0, 0.05) is 30.3 Å². The Hall–Kier alpha value is -1.46. The molecule has 0 bridgehead atoms. The van der Waals surface area contributed by atoms with E-state index in [1.54, 1.807) is 0 Å². The standard InChI is InChI=1S/C16H23N3OS/c1-12-5-2-3-9-19(12)10-8-15(20)18-14-7-4-6-13(11-14)16(17)21/h4,6-7,11-12H,2-3,5,8-10H2,1H3,(H2,17,21)(H,18,20). The van der Waals surface area contributed by atoms with Gasteiger partial charge in [-0.05, 0) is 38.4 Å². The topological polar surface area (TPSA) is 58.4 Å². The number of thiocarbonyl (C=S) groups is 1. The summed E-state index contributed by atoms with van der Waals surface area (Å²) in [4.78, 5) is 14.8. The number of nitrogens with one attached hydrogen (secondary N) is 1. The summed E-state index contributed by atoms with van der Waals surface area (Å²) in [5, 5.41) is 2.91. The van der Waals surface area contributed by atoms with Crippen LogP contribution in [0.25, 0.3) is 0 Å². The predicted molar refractivity (Wildman–Crippen MR) is 90.5 cm³/mol. The Balaban J connectivity index is 1.84. The lowest BCUT2D eigenvalue weighted by molar-refractivity contribution is -0.116. The molecule has 1 atom stereocenters. The van der Waals surface area contributed by atoms with Crippen molar-refractivity contribution in [2.75, 3.05) is 18.4 Å². The quantitative estimate of drug-likeness (QED) is 0.821. The fraction of sp³-hybridized carbons (Fsp3) is 0.500. The second kappa shape index (κ2) is 7.52. The van der Waals surface area contributed by atoms with Gasteiger partial charge in [0.05, 0.1) is 0 Å². The van der Waals surface area contributed by atoms with Gasteiger partial charge in [-0.1, -0.05) is 30.8 Å². The van der Waals surface area contributed by atoms with Crippen molar-refractivity contribution in [3.8, 4) is 0 Å². The van der Waals surface area contributed by atoms with E-state index in [0.29, 0.717) is 17.5 Å². The third-order valence-electron chi connectivity index (χ3n) is 4.00. The molecule has 1 aliphatic rings. The molecule has 21 heavy (non-hydrogen) atoms. The summed E-state index contributed by atoms with van der Waals surface area (Å²) in [6.07, 6.45) is 4.29. The van der Waals surface area contributed by atoms with Crippen LogP contribution in [0.4, 0.5) is 5.69 Å². The molecule has 0 spiro atoms. The smallest absolute Gasteiger partial charge is 0.225 e. The van der Waals surface area contributed by atoms with Crippen LogP contribution in [0.2, 0.25) is 0 Å². The molecule has 4 nitrogen and oxygen atoms in total. The van der Waals surface area contributed by atoms with Crippen molar-refractivity contribution in [3.63, 3.8) is 0 Å². The van der Waals surface area contributed by atoms with Crippen molar-refractivity contribution in [1.29, 1.82) is 0 Å². The Kier molecular flexibility index (Phi) is 5.70. The van der Waals surface area contributed by atoms with Gasteiger partial charge in [-0.25, -0.2) is 0 Å². The summed E-state index contributed by atoms with van der Waals surface area (Å²) >= 11 is 4.94. The van der Waals surface area contributed by atoms with Crippen LogP contribution in [-0.4, -0.2) is 34.9 Å². The number of nitrogens with two attached hydrogens (primary N) is 1. The van der Waals surface area contributed by atoms with Crippen LogP contribution < -0.4 is 11.1 Å². The minimum Gasteiger partial charge on any atom is -0.389 e. The number of hydrogen-bond acceptors (Lipinski definition) is 3. The minimum atomic E-state index is 0.0351. The Labute approximate surface area is 131 Å². The lowest BCUT2D eigenvalue weighted by atomic mass is 10.0. The molecule has 0 aliphatic carbocycles. The van der Waals surface area contributed by atoms with Gasteiger partial charge in [0.1, 0.15) is 4.99 Å². The zero-order valence-electron chi connectivity index (χ0n) is 12.5. The second-order valence-corrected chi connectivity index (χ2v) is 6.06. The van der Waals surface area contributed by atoms with Crippen LogP contribution in [0.5, 0.6) is 0 Å². The molecule has 0 radical (unpaired) electrons. The summed E-state index contributed by atoms with van der Waals surface area (Å²) < 4.78 is 0. The zero-order valence-corrected chi connectivity index (χ0v) is 13.3. The van der Waals surface area contributed by atoms with Gasteiger partial charge in [-0.2, -0.15) is 0 Å². The van der Waals surface area contributed by atoms with Crippen molar-refractivity contribution in [3.05, 3.63) is 29.8 Å². The average Bonchev–Trinajstić information content (AvgIpc) is 2.46. The maximum Gasteiger partial charge on any atom is 0.225 e. The van der Waals surface area contributed by atoms with Crippen LogP contribution in [-0.2, 0) is 4.79 Å². The van der Waals surface area contributed by atoms with Crippen molar-refractivity contribution < 1.29 is 4.79 Å². The van der Waals surface area contributed by atoms with E-state index in [9.17, 15) is 4.79 Å². The van der Waals surface area contributed by atoms with Gasteiger partial charge in [-0.3, -0.25) is 4.79 Å². The van der Waals surface area contributed by atoms with Crippen LogP contribution in [0, 0.1) is 0 Å². The Morgan fingerprint density at radius 3 is 3.00 bits per heavy atom. The fourth-order valence-electron chi connectivity index (χ4n) is 2.71. The highest BCUT2D eigenvalue weighted by molar-refractivity contribution is 7.80. The van der Waals surface area contributed by atoms with Crippen molar-refractivity contribution in [2.24, 2.45) is 5.73 Å². The molecule has 1 aromatic carbocycles. The summed E-state index contributed by atoms with van der Waals surface area (Å²) in [6, 6.07) is 7.93. The van der Waals surface area contributed by atoms with Gasteiger partial charge >= 0.3 is 0 Å². The van der Waals surface area contributed by atoms with Crippen LogP contribution in [0.1, 0.15) is 38.2 Å². The molecule has 1 heterocycles. The minimum absolute atomic E-state index is 0.0351. The molecule has 3 N–H and O–H groups in total. The van der Waals surface area contributed by atoms with E-state index in [2.05, 4.69) is 17.1 Å². The first kappa shape index (κ1) is 15.9. The van der Waals surface area contributed by atoms with E-state index in [-0.39, 0.29) is 5.91 Å². The number of hydrogen-bond donors (Lipinski definition) is 2. The molecule has 2 rings (SSSR count). The molecule has 1 aromatic rings. The number of likely N-dealkylation sites (tertiary alicyclic amines) is 1. The Morgan fingerprint density at radius 2 is 2.29 bits per heavy atom. The number of benzene rings is 1. The number of nitrogens with zero attached hydrogens (tertiary/aromatic N) is 1. The molecule has 0 saturated carbocycles. The first-order valence-corrected chi connectivity index (χ1v) is 7.91. The summed E-state index contributed by atoms with van der Waals surface area (Å²) in [5.74, 6) is 0.0351. The first-order valence-electron chi connectivity index (χ1n) is 7.50. The van der Waals surface area contributed by atoms with Crippen molar-refractivity contribution in [2.45, 2.75) is 38.6 Å². The highest BCUT2D eigenvalue weighted by atomic mass is 32.1. The lowest BCUT2D eigenvalue weighted by Gasteiger charge is -2.33. The lowest BCUT2D eigenvalue weighted by Crippen LogP contribution is -2.39. The first-order chi connectivity index (χ1) is 10.1. The van der Waals surface area contributed by atoms with E-state index in [1.807, 2.05) is 24.3 Å². The van der Waals surface area contributed by atoms with E-state index < -0.39 is 0 Å². The molecule has 114 valence electrons. The molecule has 5 heteroatoms. The third kappa shape index (κ3) is 4.79. The molecule has 0 aromatic heterocycles. The predicted octanol–water partition coefficient (Wildman–Crippen LogP) is 2.52. The summed E-state index contributed by atoms with van der Waals surface area (Å²) in [6.45, 7) is 4.16. The second-order valence-electron chi connectivity index (χ2n) is 5.62. The van der Waals surface area contributed by atoms with Crippen LogP contribution in [0.3, 0.4) is 0 Å². The highest BCUT2D eigenvalue weighted by Crippen LogP contribution is 2.17. The number of carbonyl (C=O) groups excluding carboxylic acids is 1. The molecular weight excluding hydrogens is 282 g/mol.